The van der Waals surface area contributed by atoms with Crippen LogP contribution in [0, 0.1) is 0 Å². The maximum Gasteiger partial charge on any atom is 0.256 e. The highest BCUT2D eigenvalue weighted by atomic mass is 16.2. The molecule has 0 saturated carbocycles. The smallest absolute Gasteiger partial charge is 0.256 e. The van der Waals surface area contributed by atoms with Crippen LogP contribution in [0.25, 0.3) is 10.9 Å². The van der Waals surface area contributed by atoms with Gasteiger partial charge >= 0.3 is 0 Å². The van der Waals surface area contributed by atoms with E-state index in [0.29, 0.717) is 24.3 Å². The van der Waals surface area contributed by atoms with Crippen LogP contribution < -0.4 is 5.73 Å². The number of hydrogen-bond acceptors (Lipinski definition) is 2. The zero-order valence-corrected chi connectivity index (χ0v) is 11.4. The van der Waals surface area contributed by atoms with Gasteiger partial charge in [-0.05, 0) is 32.0 Å². The number of nitrogen functional groups attached to an aromatic ring is 1. The molecule has 3 N–H and O–H groups in total. The first-order valence-corrected chi connectivity index (χ1v) is 6.33. The fourth-order valence-electron chi connectivity index (χ4n) is 2.14. The molecule has 1 heterocycles. The van der Waals surface area contributed by atoms with E-state index in [2.05, 4.69) is 11.6 Å². The number of benzene rings is 1. The van der Waals surface area contributed by atoms with E-state index in [1.165, 1.54) is 0 Å². The number of hydrogen-bond donors (Lipinski definition) is 2. The van der Waals surface area contributed by atoms with Crippen molar-refractivity contribution in [3.8, 4) is 0 Å². The number of aromatic nitrogens is 1. The van der Waals surface area contributed by atoms with Gasteiger partial charge in [-0.15, -0.1) is 0 Å². The van der Waals surface area contributed by atoms with E-state index in [1.54, 1.807) is 11.1 Å². The number of carbonyl (C=O) groups excluding carboxylic acids is 1. The monoisotopic (exact) mass is 257 g/mol. The second kappa shape index (κ2) is 5.18. The molecule has 4 nitrogen and oxygen atoms in total. The second-order valence-electron chi connectivity index (χ2n) is 4.78. The molecule has 100 valence electrons. The van der Waals surface area contributed by atoms with Gasteiger partial charge in [-0.25, -0.2) is 0 Å². The summed E-state index contributed by atoms with van der Waals surface area (Å²) in [6, 6.07) is 5.52. The highest BCUT2D eigenvalue weighted by Crippen LogP contribution is 2.22. The molecule has 0 radical (unpaired) electrons. The third-order valence-electron chi connectivity index (χ3n) is 3.07. The van der Waals surface area contributed by atoms with Gasteiger partial charge in [0.25, 0.3) is 5.91 Å². The molecule has 19 heavy (non-hydrogen) atoms. The van der Waals surface area contributed by atoms with Crippen molar-refractivity contribution in [2.24, 2.45) is 0 Å². The molecule has 0 saturated heterocycles. The minimum atomic E-state index is 0.0153. The molecule has 0 spiro atoms. The number of H-pyrrole nitrogens is 1. The summed E-state index contributed by atoms with van der Waals surface area (Å²) in [7, 11) is 0. The zero-order chi connectivity index (χ0) is 14.0. The average Bonchev–Trinajstić information content (AvgIpc) is 2.77. The Balaban J connectivity index is 2.38. The maximum atomic E-state index is 12.5. The number of anilines is 1. The molecular formula is C15H19N3O. The third kappa shape index (κ3) is 2.62. The van der Waals surface area contributed by atoms with Gasteiger partial charge in [0.1, 0.15) is 0 Å². The number of nitrogens with zero attached hydrogens (tertiary/aromatic N) is 1. The van der Waals surface area contributed by atoms with Crippen LogP contribution >= 0.6 is 0 Å². The number of carbonyl (C=O) groups is 1. The summed E-state index contributed by atoms with van der Waals surface area (Å²) in [5.41, 5.74) is 8.95. The fraction of sp³-hybridized carbons (Fsp3) is 0.267. The van der Waals surface area contributed by atoms with Crippen molar-refractivity contribution in [2.75, 3.05) is 18.8 Å². The Morgan fingerprint density at radius 1 is 1.47 bits per heavy atom. The van der Waals surface area contributed by atoms with Crippen LogP contribution in [0.4, 0.5) is 5.69 Å². The molecule has 0 atom stereocenters. The predicted octanol–water partition coefficient (Wildman–Crippen LogP) is 2.79. The molecule has 0 aliphatic carbocycles. The lowest BCUT2D eigenvalue weighted by Crippen LogP contribution is -2.32. The van der Waals surface area contributed by atoms with E-state index >= 15 is 0 Å². The normalized spacial score (nSPS) is 10.6. The predicted molar refractivity (Wildman–Crippen MR) is 79.1 cm³/mol. The van der Waals surface area contributed by atoms with Crippen LogP contribution in [0.5, 0.6) is 0 Å². The fourth-order valence-corrected chi connectivity index (χ4v) is 2.14. The van der Waals surface area contributed by atoms with Gasteiger partial charge in [0.05, 0.1) is 5.56 Å². The molecule has 1 aromatic carbocycles. The van der Waals surface area contributed by atoms with Crippen molar-refractivity contribution in [3.05, 3.63) is 42.1 Å². The van der Waals surface area contributed by atoms with Gasteiger partial charge in [-0.3, -0.25) is 4.79 Å². The molecule has 2 aromatic rings. The molecule has 0 bridgehead atoms. The van der Waals surface area contributed by atoms with E-state index in [9.17, 15) is 4.79 Å². The minimum absolute atomic E-state index is 0.0153. The largest absolute Gasteiger partial charge is 0.399 e. The molecule has 0 aliphatic rings. The van der Waals surface area contributed by atoms with Crippen LogP contribution in [-0.2, 0) is 0 Å². The maximum absolute atomic E-state index is 12.5. The standard InChI is InChI=1S/C15H19N3O/c1-4-18(9-10(2)3)15(19)13-8-17-14-7-11(16)5-6-12(13)14/h5-8,17H,2,4,9,16H2,1,3H3. The summed E-state index contributed by atoms with van der Waals surface area (Å²) in [5.74, 6) is 0.0153. The Morgan fingerprint density at radius 2 is 2.21 bits per heavy atom. The van der Waals surface area contributed by atoms with Crippen LogP contribution in [0.2, 0.25) is 0 Å². The number of fused-ring (bicyclic) bond motifs is 1. The number of amides is 1. The van der Waals surface area contributed by atoms with Gasteiger partial charge in [0, 0.05) is 35.9 Å². The molecule has 1 amide bonds. The lowest BCUT2D eigenvalue weighted by Gasteiger charge is -2.20. The molecule has 4 heteroatoms. The van der Waals surface area contributed by atoms with Crippen molar-refractivity contribution < 1.29 is 4.79 Å². The summed E-state index contributed by atoms with van der Waals surface area (Å²) in [6.07, 6.45) is 1.74. The second-order valence-corrected chi connectivity index (χ2v) is 4.78. The molecule has 0 fully saturated rings. The number of aromatic amines is 1. The van der Waals surface area contributed by atoms with E-state index in [0.717, 1.165) is 16.5 Å². The van der Waals surface area contributed by atoms with Crippen molar-refractivity contribution in [1.29, 1.82) is 0 Å². The van der Waals surface area contributed by atoms with Gasteiger partial charge < -0.3 is 15.6 Å². The number of rotatable bonds is 4. The van der Waals surface area contributed by atoms with Crippen LogP contribution in [0.15, 0.2) is 36.5 Å². The molecule has 0 unspecified atom stereocenters. The Hall–Kier alpha value is -2.23. The quantitative estimate of drug-likeness (QED) is 0.653. The summed E-state index contributed by atoms with van der Waals surface area (Å²) in [4.78, 5) is 17.4. The Bertz CT molecular complexity index is 627. The Morgan fingerprint density at radius 3 is 2.84 bits per heavy atom. The molecule has 0 aliphatic heterocycles. The summed E-state index contributed by atoms with van der Waals surface area (Å²) < 4.78 is 0. The summed E-state index contributed by atoms with van der Waals surface area (Å²) in [6.45, 7) is 8.99. The summed E-state index contributed by atoms with van der Waals surface area (Å²) in [5, 5.41) is 0.902. The average molecular weight is 257 g/mol. The SMILES string of the molecule is C=C(C)CN(CC)C(=O)c1c[nH]c2cc(N)ccc12. The van der Waals surface area contributed by atoms with Crippen molar-refractivity contribution in [3.63, 3.8) is 0 Å². The van der Waals surface area contributed by atoms with Gasteiger partial charge in [-0.2, -0.15) is 0 Å². The van der Waals surface area contributed by atoms with Crippen molar-refractivity contribution >= 4 is 22.5 Å². The van der Waals surface area contributed by atoms with E-state index in [-0.39, 0.29) is 5.91 Å². The highest BCUT2D eigenvalue weighted by molar-refractivity contribution is 6.07. The Labute approximate surface area is 112 Å². The number of likely N-dealkylation sites (N-methyl/N-ethyl adjacent to an activating group) is 1. The lowest BCUT2D eigenvalue weighted by atomic mass is 10.1. The third-order valence-corrected chi connectivity index (χ3v) is 3.07. The molecular weight excluding hydrogens is 238 g/mol. The topological polar surface area (TPSA) is 62.1 Å². The lowest BCUT2D eigenvalue weighted by molar-refractivity contribution is 0.0780. The zero-order valence-electron chi connectivity index (χ0n) is 11.4. The van der Waals surface area contributed by atoms with Gasteiger partial charge in [-0.1, -0.05) is 12.2 Å². The van der Waals surface area contributed by atoms with Crippen LogP contribution in [0.3, 0.4) is 0 Å². The van der Waals surface area contributed by atoms with E-state index < -0.39 is 0 Å². The summed E-state index contributed by atoms with van der Waals surface area (Å²) >= 11 is 0. The van der Waals surface area contributed by atoms with Gasteiger partial charge in [0.15, 0.2) is 0 Å². The van der Waals surface area contributed by atoms with Crippen molar-refractivity contribution in [2.45, 2.75) is 13.8 Å². The van der Waals surface area contributed by atoms with Crippen LogP contribution in [-0.4, -0.2) is 28.9 Å². The van der Waals surface area contributed by atoms with E-state index in [4.69, 9.17) is 5.73 Å². The van der Waals surface area contributed by atoms with Gasteiger partial charge in [0.2, 0.25) is 0 Å². The first-order valence-electron chi connectivity index (χ1n) is 6.33. The molecule has 1 aromatic heterocycles. The Kier molecular flexibility index (Phi) is 3.60. The first kappa shape index (κ1) is 13.2. The first-order chi connectivity index (χ1) is 9.02. The van der Waals surface area contributed by atoms with E-state index in [1.807, 2.05) is 32.0 Å². The molecule has 2 rings (SSSR count). The number of nitrogens with two attached hydrogens (primary N) is 1. The van der Waals surface area contributed by atoms with Crippen LogP contribution in [0.1, 0.15) is 24.2 Å². The van der Waals surface area contributed by atoms with Crippen molar-refractivity contribution in [1.82, 2.24) is 9.88 Å². The highest BCUT2D eigenvalue weighted by Gasteiger charge is 2.17. The number of nitrogens with one attached hydrogen (secondary N) is 1. The minimum Gasteiger partial charge on any atom is -0.399 e.